The number of thiazole rings is 1. The first-order chi connectivity index (χ1) is 10.1. The van der Waals surface area contributed by atoms with E-state index in [4.69, 9.17) is 9.72 Å². The second-order valence-electron chi connectivity index (χ2n) is 6.14. The number of hydrogen-bond donors (Lipinski definition) is 1. The number of imidazole rings is 1. The molecule has 1 aliphatic heterocycles. The Hall–Kier alpha value is -1.11. The van der Waals surface area contributed by atoms with Gasteiger partial charge in [-0.15, -0.1) is 11.3 Å². The Kier molecular flexibility index (Phi) is 4.19. The maximum Gasteiger partial charge on any atom is 0.195 e. The number of nitrogens with one attached hydrogen (secondary N) is 1. The zero-order valence-electron chi connectivity index (χ0n) is 13.1. The molecule has 0 unspecified atom stereocenters. The standard InChI is InChI=1S/C15H24N4OS/c1-4-5-16-10-12-13(17-14-19(12)7-9-21-14)18-6-8-20-15(2,3)11-18/h7,9,16H,4-6,8,10-11H2,1-3H3. The van der Waals surface area contributed by atoms with Gasteiger partial charge in [0.15, 0.2) is 10.8 Å². The quantitative estimate of drug-likeness (QED) is 0.862. The Morgan fingerprint density at radius 1 is 1.48 bits per heavy atom. The van der Waals surface area contributed by atoms with Crippen molar-refractivity contribution in [1.82, 2.24) is 14.7 Å². The van der Waals surface area contributed by atoms with Crippen molar-refractivity contribution in [3.8, 4) is 0 Å². The van der Waals surface area contributed by atoms with Crippen molar-refractivity contribution in [2.75, 3.05) is 31.1 Å². The van der Waals surface area contributed by atoms with Crippen LogP contribution in [0.15, 0.2) is 11.6 Å². The molecule has 116 valence electrons. The highest BCUT2D eigenvalue weighted by atomic mass is 32.1. The van der Waals surface area contributed by atoms with Crippen molar-refractivity contribution in [2.45, 2.75) is 39.3 Å². The summed E-state index contributed by atoms with van der Waals surface area (Å²) in [5, 5.41) is 5.60. The molecule has 3 rings (SSSR count). The number of morpholine rings is 1. The summed E-state index contributed by atoms with van der Waals surface area (Å²) in [6, 6.07) is 0. The number of fused-ring (bicyclic) bond motifs is 1. The van der Waals surface area contributed by atoms with Gasteiger partial charge < -0.3 is 15.0 Å². The largest absolute Gasteiger partial charge is 0.372 e. The summed E-state index contributed by atoms with van der Waals surface area (Å²) in [5.41, 5.74) is 1.15. The van der Waals surface area contributed by atoms with Crippen LogP contribution in [-0.4, -0.2) is 41.2 Å². The molecule has 0 amide bonds. The topological polar surface area (TPSA) is 41.8 Å². The zero-order valence-corrected chi connectivity index (χ0v) is 13.9. The zero-order chi connectivity index (χ0) is 14.9. The van der Waals surface area contributed by atoms with Crippen LogP contribution in [0.25, 0.3) is 4.96 Å². The van der Waals surface area contributed by atoms with E-state index in [2.05, 4.69) is 47.0 Å². The van der Waals surface area contributed by atoms with Gasteiger partial charge in [-0.3, -0.25) is 4.40 Å². The van der Waals surface area contributed by atoms with Crippen molar-refractivity contribution in [3.63, 3.8) is 0 Å². The SMILES string of the molecule is CCCNCc1c(N2CCOC(C)(C)C2)nc2sccn12. The highest BCUT2D eigenvalue weighted by Crippen LogP contribution is 2.28. The molecule has 0 radical (unpaired) electrons. The summed E-state index contributed by atoms with van der Waals surface area (Å²) in [6.07, 6.45) is 3.26. The molecular weight excluding hydrogens is 284 g/mol. The lowest BCUT2D eigenvalue weighted by molar-refractivity contribution is -0.0279. The molecule has 5 nitrogen and oxygen atoms in total. The third-order valence-corrected chi connectivity index (χ3v) is 4.54. The minimum atomic E-state index is -0.108. The molecule has 3 heterocycles. The van der Waals surface area contributed by atoms with E-state index in [0.29, 0.717) is 0 Å². The molecule has 0 aliphatic carbocycles. The van der Waals surface area contributed by atoms with E-state index in [9.17, 15) is 0 Å². The van der Waals surface area contributed by atoms with Crippen LogP contribution in [0.2, 0.25) is 0 Å². The monoisotopic (exact) mass is 308 g/mol. The van der Waals surface area contributed by atoms with E-state index in [-0.39, 0.29) is 5.60 Å². The Morgan fingerprint density at radius 3 is 3.10 bits per heavy atom. The third kappa shape index (κ3) is 3.07. The predicted octanol–water partition coefficient (Wildman–Crippen LogP) is 2.51. The van der Waals surface area contributed by atoms with Crippen LogP contribution in [0.1, 0.15) is 32.9 Å². The summed E-state index contributed by atoms with van der Waals surface area (Å²) in [5.74, 6) is 1.11. The lowest BCUT2D eigenvalue weighted by Gasteiger charge is -2.38. The average molecular weight is 308 g/mol. The fourth-order valence-electron chi connectivity index (χ4n) is 2.82. The Morgan fingerprint density at radius 2 is 2.33 bits per heavy atom. The summed E-state index contributed by atoms with van der Waals surface area (Å²) in [4.78, 5) is 8.29. The second kappa shape index (κ2) is 5.94. The molecule has 0 saturated carbocycles. The van der Waals surface area contributed by atoms with E-state index in [1.807, 2.05) is 0 Å². The lowest BCUT2D eigenvalue weighted by Crippen LogP contribution is -2.48. The minimum Gasteiger partial charge on any atom is -0.372 e. The molecule has 6 heteroatoms. The maximum absolute atomic E-state index is 5.82. The molecular formula is C15H24N4OS. The van der Waals surface area contributed by atoms with E-state index in [1.54, 1.807) is 11.3 Å². The van der Waals surface area contributed by atoms with Crippen molar-refractivity contribution >= 4 is 22.1 Å². The first-order valence-electron chi connectivity index (χ1n) is 7.65. The van der Waals surface area contributed by atoms with E-state index in [1.165, 1.54) is 5.69 Å². The van der Waals surface area contributed by atoms with Gasteiger partial charge >= 0.3 is 0 Å². The Bertz CT molecular complexity index is 604. The predicted molar refractivity (Wildman–Crippen MR) is 87.3 cm³/mol. The fraction of sp³-hybridized carbons (Fsp3) is 0.667. The number of anilines is 1. The lowest BCUT2D eigenvalue weighted by atomic mass is 10.1. The van der Waals surface area contributed by atoms with Crippen LogP contribution in [0, 0.1) is 0 Å². The molecule has 1 aliphatic rings. The van der Waals surface area contributed by atoms with Gasteiger partial charge in [0.05, 0.1) is 17.9 Å². The summed E-state index contributed by atoms with van der Waals surface area (Å²) < 4.78 is 8.04. The smallest absolute Gasteiger partial charge is 0.195 e. The number of nitrogens with zero attached hydrogens (tertiary/aromatic N) is 3. The van der Waals surface area contributed by atoms with Gasteiger partial charge in [0, 0.05) is 31.2 Å². The van der Waals surface area contributed by atoms with Crippen LogP contribution in [0.3, 0.4) is 0 Å². The molecule has 0 aromatic carbocycles. The van der Waals surface area contributed by atoms with E-state index in [0.717, 1.165) is 50.0 Å². The van der Waals surface area contributed by atoms with Crippen LogP contribution in [-0.2, 0) is 11.3 Å². The second-order valence-corrected chi connectivity index (χ2v) is 7.02. The van der Waals surface area contributed by atoms with Crippen molar-refractivity contribution in [2.24, 2.45) is 0 Å². The molecule has 0 bridgehead atoms. The molecule has 0 atom stereocenters. The van der Waals surface area contributed by atoms with Gasteiger partial charge in [-0.25, -0.2) is 4.98 Å². The van der Waals surface area contributed by atoms with E-state index < -0.39 is 0 Å². The molecule has 1 fully saturated rings. The number of rotatable bonds is 5. The Labute approximate surface area is 129 Å². The summed E-state index contributed by atoms with van der Waals surface area (Å²) in [7, 11) is 0. The van der Waals surface area contributed by atoms with Crippen LogP contribution in [0.5, 0.6) is 0 Å². The van der Waals surface area contributed by atoms with Gasteiger partial charge in [0.1, 0.15) is 0 Å². The number of aromatic nitrogens is 2. The molecule has 0 spiro atoms. The fourth-order valence-corrected chi connectivity index (χ4v) is 3.55. The molecule has 1 N–H and O–H groups in total. The maximum atomic E-state index is 5.82. The van der Waals surface area contributed by atoms with Gasteiger partial charge in [0.25, 0.3) is 0 Å². The first kappa shape index (κ1) is 14.8. The van der Waals surface area contributed by atoms with Crippen LogP contribution < -0.4 is 10.2 Å². The van der Waals surface area contributed by atoms with Crippen molar-refractivity contribution in [3.05, 3.63) is 17.3 Å². The Balaban J connectivity index is 1.89. The highest BCUT2D eigenvalue weighted by Gasteiger charge is 2.30. The molecule has 2 aromatic heterocycles. The van der Waals surface area contributed by atoms with Crippen molar-refractivity contribution < 1.29 is 4.74 Å². The first-order valence-corrected chi connectivity index (χ1v) is 8.53. The average Bonchev–Trinajstić information content (AvgIpc) is 3.00. The highest BCUT2D eigenvalue weighted by molar-refractivity contribution is 7.15. The number of ether oxygens (including phenoxy) is 1. The third-order valence-electron chi connectivity index (χ3n) is 3.78. The number of hydrogen-bond acceptors (Lipinski definition) is 5. The normalized spacial score (nSPS) is 18.5. The van der Waals surface area contributed by atoms with E-state index >= 15 is 0 Å². The van der Waals surface area contributed by atoms with Crippen molar-refractivity contribution in [1.29, 1.82) is 0 Å². The van der Waals surface area contributed by atoms with Gasteiger partial charge in [-0.05, 0) is 26.8 Å². The minimum absolute atomic E-state index is 0.108. The molecule has 2 aromatic rings. The molecule has 21 heavy (non-hydrogen) atoms. The van der Waals surface area contributed by atoms with Crippen LogP contribution in [0.4, 0.5) is 5.82 Å². The van der Waals surface area contributed by atoms with Gasteiger partial charge in [-0.2, -0.15) is 0 Å². The van der Waals surface area contributed by atoms with Crippen LogP contribution >= 0.6 is 11.3 Å². The summed E-state index contributed by atoms with van der Waals surface area (Å²) in [6.45, 7) is 10.9. The van der Waals surface area contributed by atoms with Gasteiger partial charge in [-0.1, -0.05) is 6.92 Å². The summed E-state index contributed by atoms with van der Waals surface area (Å²) >= 11 is 1.69. The van der Waals surface area contributed by atoms with Gasteiger partial charge in [0.2, 0.25) is 0 Å². The molecule has 1 saturated heterocycles.